The second-order valence-corrected chi connectivity index (χ2v) is 6.88. The van der Waals surface area contributed by atoms with E-state index in [2.05, 4.69) is 36.6 Å². The van der Waals surface area contributed by atoms with Gasteiger partial charge >= 0.3 is 0 Å². The quantitative estimate of drug-likeness (QED) is 0.859. The molecule has 1 aromatic heterocycles. The summed E-state index contributed by atoms with van der Waals surface area (Å²) in [5.74, 6) is 0. The minimum absolute atomic E-state index is 0.0129. The van der Waals surface area contributed by atoms with Crippen LogP contribution in [0.4, 0.5) is 5.69 Å². The summed E-state index contributed by atoms with van der Waals surface area (Å²) in [5.41, 5.74) is 2.46. The third-order valence-electron chi connectivity index (χ3n) is 4.12. The fourth-order valence-electron chi connectivity index (χ4n) is 3.05. The van der Waals surface area contributed by atoms with Crippen molar-refractivity contribution in [1.82, 2.24) is 4.57 Å². The van der Waals surface area contributed by atoms with Gasteiger partial charge < -0.3 is 9.67 Å². The molecule has 2 atom stereocenters. The first-order valence-corrected chi connectivity index (χ1v) is 8.44. The summed E-state index contributed by atoms with van der Waals surface area (Å²) < 4.78 is 3.00. The van der Waals surface area contributed by atoms with Crippen molar-refractivity contribution in [1.29, 1.82) is 0 Å². The highest BCUT2D eigenvalue weighted by molar-refractivity contribution is 9.10. The summed E-state index contributed by atoms with van der Waals surface area (Å²) in [6.45, 7) is 0. The molecule has 6 heteroatoms. The van der Waals surface area contributed by atoms with Crippen LogP contribution >= 0.6 is 27.5 Å². The van der Waals surface area contributed by atoms with Gasteiger partial charge in [0.2, 0.25) is 0 Å². The number of hydrogen-bond acceptors (Lipinski definition) is 3. The molecule has 1 aromatic carbocycles. The van der Waals surface area contributed by atoms with Crippen LogP contribution in [0.1, 0.15) is 24.1 Å². The molecule has 0 spiro atoms. The van der Waals surface area contributed by atoms with Crippen LogP contribution in [0, 0.1) is 0 Å². The second kappa shape index (κ2) is 5.74. The molecule has 116 valence electrons. The minimum atomic E-state index is -0.656. The van der Waals surface area contributed by atoms with Crippen molar-refractivity contribution in [3.8, 4) is 0 Å². The van der Waals surface area contributed by atoms with Crippen molar-refractivity contribution >= 4 is 45.6 Å². The highest BCUT2D eigenvalue weighted by Gasteiger charge is 2.22. The van der Waals surface area contributed by atoms with Crippen molar-refractivity contribution in [2.45, 2.75) is 18.6 Å². The van der Waals surface area contributed by atoms with Crippen LogP contribution in [0.5, 0.6) is 0 Å². The number of rotatable bonds is 3. The Kier molecular flexibility index (Phi) is 3.71. The van der Waals surface area contributed by atoms with E-state index < -0.39 is 6.10 Å². The smallest absolute Gasteiger partial charge is 0.161 e. The summed E-state index contributed by atoms with van der Waals surface area (Å²) in [7, 11) is 0. The number of fused-ring (bicyclic) bond motifs is 3. The van der Waals surface area contributed by atoms with Gasteiger partial charge in [0.15, 0.2) is 5.49 Å². The van der Waals surface area contributed by atoms with Gasteiger partial charge in [-0.3, -0.25) is 0 Å². The Balaban J connectivity index is 1.67. The van der Waals surface area contributed by atoms with Gasteiger partial charge in [-0.15, -0.1) is 0 Å². The first kappa shape index (κ1) is 14.9. The zero-order valence-electron chi connectivity index (χ0n) is 12.0. The first-order valence-electron chi connectivity index (χ1n) is 7.26. The molecule has 0 saturated heterocycles. The summed E-state index contributed by atoms with van der Waals surface area (Å²) in [6, 6.07) is 7.56. The summed E-state index contributed by atoms with van der Waals surface area (Å²) >= 11 is 9.64. The van der Waals surface area contributed by atoms with Crippen LogP contribution in [0.3, 0.4) is 0 Å². The molecule has 0 aliphatic carbocycles. The van der Waals surface area contributed by atoms with Crippen LogP contribution in [-0.2, 0) is 0 Å². The van der Waals surface area contributed by atoms with Gasteiger partial charge in [-0.1, -0.05) is 45.7 Å². The Morgan fingerprint density at radius 1 is 1.35 bits per heavy atom. The van der Waals surface area contributed by atoms with E-state index >= 15 is 0 Å². The van der Waals surface area contributed by atoms with E-state index in [1.807, 2.05) is 30.4 Å². The summed E-state index contributed by atoms with van der Waals surface area (Å²) in [4.78, 5) is 8.59. The zero-order chi connectivity index (χ0) is 16.0. The van der Waals surface area contributed by atoms with Gasteiger partial charge in [-0.25, -0.2) is 9.98 Å². The molecule has 0 amide bonds. The van der Waals surface area contributed by atoms with Crippen molar-refractivity contribution in [3.63, 3.8) is 0 Å². The highest BCUT2D eigenvalue weighted by Crippen LogP contribution is 2.32. The number of nitrogens with zero attached hydrogens (tertiary/aromatic N) is 3. The molecule has 2 aliphatic heterocycles. The van der Waals surface area contributed by atoms with E-state index in [0.717, 1.165) is 26.6 Å². The Morgan fingerprint density at radius 3 is 3.04 bits per heavy atom. The molecule has 2 unspecified atom stereocenters. The third-order valence-corrected chi connectivity index (χ3v) is 4.94. The predicted molar refractivity (Wildman–Crippen MR) is 94.7 cm³/mol. The molecule has 4 nitrogen and oxygen atoms in total. The average Bonchev–Trinajstić information content (AvgIpc) is 3.07. The lowest BCUT2D eigenvalue weighted by atomic mass is 10.0. The van der Waals surface area contributed by atoms with E-state index in [0.29, 0.717) is 11.4 Å². The Morgan fingerprint density at radius 2 is 2.22 bits per heavy atom. The van der Waals surface area contributed by atoms with Gasteiger partial charge in [0.1, 0.15) is 12.0 Å². The van der Waals surface area contributed by atoms with Gasteiger partial charge in [0, 0.05) is 21.3 Å². The zero-order valence-corrected chi connectivity index (χ0v) is 14.4. The van der Waals surface area contributed by atoms with Crippen molar-refractivity contribution in [2.24, 2.45) is 9.98 Å². The second-order valence-electron chi connectivity index (χ2n) is 5.56. The molecule has 4 rings (SSSR count). The maximum atomic E-state index is 10.6. The number of aromatic nitrogens is 1. The van der Waals surface area contributed by atoms with E-state index in [1.165, 1.54) is 0 Å². The van der Waals surface area contributed by atoms with E-state index in [4.69, 9.17) is 11.6 Å². The maximum Gasteiger partial charge on any atom is 0.161 e. The van der Waals surface area contributed by atoms with Crippen molar-refractivity contribution < 1.29 is 5.11 Å². The van der Waals surface area contributed by atoms with Gasteiger partial charge in [0.25, 0.3) is 0 Å². The van der Waals surface area contributed by atoms with Crippen LogP contribution in [-0.4, -0.2) is 16.0 Å². The molecule has 1 N–H and O–H groups in total. The number of aliphatic imine (C=N–C) groups is 1. The first-order chi connectivity index (χ1) is 11.1. The Hall–Kier alpha value is -1.69. The lowest BCUT2D eigenvalue weighted by Gasteiger charge is -2.22. The molecule has 23 heavy (non-hydrogen) atoms. The normalized spacial score (nSPS) is 19.0. The topological polar surface area (TPSA) is 49.9 Å². The van der Waals surface area contributed by atoms with Gasteiger partial charge in [-0.2, -0.15) is 0 Å². The molecule has 2 aromatic rings. The summed E-state index contributed by atoms with van der Waals surface area (Å²) in [5, 5.41) is 12.2. The molecule has 0 radical (unpaired) electrons. The van der Waals surface area contributed by atoms with Crippen LogP contribution in [0.15, 0.2) is 50.9 Å². The van der Waals surface area contributed by atoms with Crippen LogP contribution in [0.2, 0.25) is 5.02 Å². The molecule has 0 saturated carbocycles. The molecular weight excluding hydrogens is 378 g/mol. The largest absolute Gasteiger partial charge is 0.388 e. The van der Waals surface area contributed by atoms with Gasteiger partial charge in [0.05, 0.1) is 12.1 Å². The number of aliphatic hydroxyl groups is 1. The van der Waals surface area contributed by atoms with Crippen LogP contribution in [0.25, 0.3) is 6.08 Å². The van der Waals surface area contributed by atoms with E-state index in [1.54, 1.807) is 12.4 Å². The molecule has 0 bridgehead atoms. The fourth-order valence-corrected chi connectivity index (χ4v) is 3.85. The molecular formula is C17H13BrClN3O. The summed E-state index contributed by atoms with van der Waals surface area (Å²) in [6.07, 6.45) is 7.53. The van der Waals surface area contributed by atoms with Gasteiger partial charge in [-0.05, 0) is 29.8 Å². The average molecular weight is 391 g/mol. The predicted octanol–water partition coefficient (Wildman–Crippen LogP) is 3.21. The molecule has 0 fully saturated rings. The van der Waals surface area contributed by atoms with E-state index in [9.17, 15) is 5.11 Å². The highest BCUT2D eigenvalue weighted by atomic mass is 79.9. The number of allylic oxidation sites excluding steroid dienone is 2. The Bertz CT molecular complexity index is 961. The molecule has 3 heterocycles. The van der Waals surface area contributed by atoms with E-state index in [-0.39, 0.29) is 6.04 Å². The standard InChI is InChI=1S/C17H13BrClN3O/c18-10-4-5-13(14(19)6-10)16(23)8-12-3-1-2-11-7-15-17(22(11)12)21-9-20-15/h1-7,9,12,16,23H,8H2. The lowest BCUT2D eigenvalue weighted by molar-refractivity contribution is 0.152. The number of halogens is 2. The monoisotopic (exact) mass is 389 g/mol. The fraction of sp³-hybridized carbons (Fsp3) is 0.176. The van der Waals surface area contributed by atoms with Crippen molar-refractivity contribution in [2.75, 3.05) is 0 Å². The number of benzene rings is 1. The number of aliphatic hydroxyl groups excluding tert-OH is 1. The Labute approximate surface area is 146 Å². The van der Waals surface area contributed by atoms with Crippen molar-refractivity contribution in [3.05, 3.63) is 62.3 Å². The minimum Gasteiger partial charge on any atom is -0.388 e. The SMILES string of the molecule is OC(CC1C=CC=c2cc3c(n21)=NC=N3)c1ccc(Br)cc1Cl. The lowest BCUT2D eigenvalue weighted by Crippen LogP contribution is -2.32. The third kappa shape index (κ3) is 2.59. The molecule has 2 aliphatic rings. The van der Waals surface area contributed by atoms with Crippen LogP contribution < -0.4 is 10.8 Å². The number of hydrogen-bond donors (Lipinski definition) is 1. The maximum absolute atomic E-state index is 10.6.